The summed E-state index contributed by atoms with van der Waals surface area (Å²) in [7, 11) is 0. The third-order valence-electron chi connectivity index (χ3n) is 1.63. The molecular formula is C7H5Br2N5. The highest BCUT2D eigenvalue weighted by molar-refractivity contribution is 9.11. The molecule has 0 spiro atoms. The molecule has 2 rings (SSSR count). The molecule has 7 heteroatoms. The van der Waals surface area contributed by atoms with Gasteiger partial charge < -0.3 is 5.73 Å². The number of nitrogens with zero attached hydrogens (tertiary/aromatic N) is 4. The summed E-state index contributed by atoms with van der Waals surface area (Å²) in [5.41, 5.74) is 6.38. The zero-order valence-corrected chi connectivity index (χ0v) is 10.0. The topological polar surface area (TPSA) is 69.6 Å². The Balaban J connectivity index is 2.62. The van der Waals surface area contributed by atoms with Gasteiger partial charge in [-0.05, 0) is 44.6 Å². The summed E-state index contributed by atoms with van der Waals surface area (Å²) >= 11 is 6.76. The Labute approximate surface area is 96.5 Å². The monoisotopic (exact) mass is 317 g/mol. The van der Waals surface area contributed by atoms with Crippen LogP contribution in [0, 0.1) is 0 Å². The molecule has 1 aromatic heterocycles. The number of halogens is 2. The molecule has 1 heterocycles. The van der Waals surface area contributed by atoms with Gasteiger partial charge in [-0.3, -0.25) is 0 Å². The number of benzene rings is 1. The molecule has 0 fully saturated rings. The van der Waals surface area contributed by atoms with Crippen LogP contribution in [0.25, 0.3) is 5.69 Å². The Morgan fingerprint density at radius 1 is 1.29 bits per heavy atom. The fraction of sp³-hybridized carbons (Fsp3) is 0. The van der Waals surface area contributed by atoms with E-state index in [-0.39, 0.29) is 5.95 Å². The Morgan fingerprint density at radius 3 is 2.71 bits per heavy atom. The van der Waals surface area contributed by atoms with Crippen molar-refractivity contribution in [1.29, 1.82) is 0 Å². The predicted octanol–water partition coefficient (Wildman–Crippen LogP) is 1.77. The molecular weight excluding hydrogens is 314 g/mol. The summed E-state index contributed by atoms with van der Waals surface area (Å²) in [6.07, 6.45) is 0. The van der Waals surface area contributed by atoms with Crippen molar-refractivity contribution < 1.29 is 0 Å². The lowest BCUT2D eigenvalue weighted by atomic mass is 10.3. The maximum absolute atomic E-state index is 5.58. The van der Waals surface area contributed by atoms with Gasteiger partial charge in [-0.15, -0.1) is 0 Å². The van der Waals surface area contributed by atoms with Crippen molar-refractivity contribution in [1.82, 2.24) is 20.2 Å². The second kappa shape index (κ2) is 3.66. The van der Waals surface area contributed by atoms with Crippen molar-refractivity contribution in [2.24, 2.45) is 0 Å². The highest BCUT2D eigenvalue weighted by Crippen LogP contribution is 2.25. The second-order valence-corrected chi connectivity index (χ2v) is 4.31. The average Bonchev–Trinajstić information content (AvgIpc) is 2.56. The van der Waals surface area contributed by atoms with Crippen molar-refractivity contribution in [3.8, 4) is 5.69 Å². The van der Waals surface area contributed by atoms with Crippen molar-refractivity contribution in [3.05, 3.63) is 27.1 Å². The van der Waals surface area contributed by atoms with Gasteiger partial charge >= 0.3 is 0 Å². The molecule has 14 heavy (non-hydrogen) atoms. The number of nitrogen functional groups attached to an aromatic ring is 1. The summed E-state index contributed by atoms with van der Waals surface area (Å²) in [6.45, 7) is 0. The van der Waals surface area contributed by atoms with Gasteiger partial charge in [0.1, 0.15) is 0 Å². The largest absolute Gasteiger partial charge is 0.366 e. The molecule has 0 aliphatic heterocycles. The molecule has 0 aliphatic rings. The molecule has 0 saturated heterocycles. The minimum atomic E-state index is 0.254. The zero-order valence-electron chi connectivity index (χ0n) is 6.85. The van der Waals surface area contributed by atoms with E-state index in [0.717, 1.165) is 14.6 Å². The highest BCUT2D eigenvalue weighted by Gasteiger charge is 2.08. The number of nitrogens with two attached hydrogens (primary N) is 1. The van der Waals surface area contributed by atoms with Crippen molar-refractivity contribution in [3.63, 3.8) is 0 Å². The lowest BCUT2D eigenvalue weighted by molar-refractivity contribution is 0.789. The summed E-state index contributed by atoms with van der Waals surface area (Å²) < 4.78 is 3.26. The first-order chi connectivity index (χ1) is 6.68. The second-order valence-electron chi connectivity index (χ2n) is 2.54. The standard InChI is InChI=1S/C7H5Br2N5/c8-4-1-2-5(9)6(3-4)14-7(10)11-12-13-14/h1-3H,(H2,10,11,13). The van der Waals surface area contributed by atoms with Crippen LogP contribution in [-0.2, 0) is 0 Å². The van der Waals surface area contributed by atoms with Gasteiger partial charge in [0.05, 0.1) is 5.69 Å². The van der Waals surface area contributed by atoms with Gasteiger partial charge in [-0.25, -0.2) is 0 Å². The Morgan fingerprint density at radius 2 is 2.07 bits per heavy atom. The Bertz CT molecular complexity index is 467. The third kappa shape index (κ3) is 1.64. The summed E-state index contributed by atoms with van der Waals surface area (Å²) in [4.78, 5) is 0. The van der Waals surface area contributed by atoms with Crippen LogP contribution in [0.15, 0.2) is 27.1 Å². The van der Waals surface area contributed by atoms with Gasteiger partial charge in [0.25, 0.3) is 0 Å². The molecule has 0 amide bonds. The molecule has 2 N–H and O–H groups in total. The lowest BCUT2D eigenvalue weighted by Crippen LogP contribution is -2.03. The Kier molecular flexibility index (Phi) is 2.51. The Hall–Kier alpha value is -0.950. The quantitative estimate of drug-likeness (QED) is 0.870. The van der Waals surface area contributed by atoms with Gasteiger partial charge in [0.2, 0.25) is 5.95 Å². The first-order valence-corrected chi connectivity index (χ1v) is 5.26. The fourth-order valence-electron chi connectivity index (χ4n) is 1.01. The first-order valence-electron chi connectivity index (χ1n) is 3.68. The van der Waals surface area contributed by atoms with E-state index in [9.17, 15) is 0 Å². The highest BCUT2D eigenvalue weighted by atomic mass is 79.9. The first kappa shape index (κ1) is 9.60. The van der Waals surface area contributed by atoms with E-state index >= 15 is 0 Å². The normalized spacial score (nSPS) is 10.4. The molecule has 1 aromatic carbocycles. The molecule has 0 unspecified atom stereocenters. The number of hydrogen-bond donors (Lipinski definition) is 1. The SMILES string of the molecule is Nc1nnnn1-c1cc(Br)ccc1Br. The molecule has 72 valence electrons. The van der Waals surface area contributed by atoms with Crippen molar-refractivity contribution >= 4 is 37.8 Å². The maximum atomic E-state index is 5.58. The van der Waals surface area contributed by atoms with E-state index < -0.39 is 0 Å². The minimum absolute atomic E-state index is 0.254. The van der Waals surface area contributed by atoms with Gasteiger partial charge in [0.15, 0.2) is 0 Å². The minimum Gasteiger partial charge on any atom is -0.366 e. The molecule has 0 bridgehead atoms. The van der Waals surface area contributed by atoms with Gasteiger partial charge in [0, 0.05) is 8.95 Å². The lowest BCUT2D eigenvalue weighted by Gasteiger charge is -2.04. The van der Waals surface area contributed by atoms with Crippen LogP contribution in [0.2, 0.25) is 0 Å². The van der Waals surface area contributed by atoms with Crippen LogP contribution in [0.3, 0.4) is 0 Å². The summed E-state index contributed by atoms with van der Waals surface area (Å²) in [5.74, 6) is 0.254. The number of aromatic nitrogens is 4. The molecule has 0 aliphatic carbocycles. The van der Waals surface area contributed by atoms with Crippen molar-refractivity contribution in [2.75, 3.05) is 5.73 Å². The number of hydrogen-bond acceptors (Lipinski definition) is 4. The van der Waals surface area contributed by atoms with Gasteiger partial charge in [-0.2, -0.15) is 4.68 Å². The van der Waals surface area contributed by atoms with Crippen LogP contribution in [0.4, 0.5) is 5.95 Å². The van der Waals surface area contributed by atoms with Crippen molar-refractivity contribution in [2.45, 2.75) is 0 Å². The van der Waals surface area contributed by atoms with Crippen LogP contribution in [0.5, 0.6) is 0 Å². The zero-order chi connectivity index (χ0) is 10.1. The summed E-state index contributed by atoms with van der Waals surface area (Å²) in [6, 6.07) is 5.67. The van der Waals surface area contributed by atoms with E-state index in [1.165, 1.54) is 4.68 Å². The number of rotatable bonds is 1. The average molecular weight is 319 g/mol. The molecule has 5 nitrogen and oxygen atoms in total. The number of tetrazole rings is 1. The van der Waals surface area contributed by atoms with E-state index in [1.54, 1.807) is 0 Å². The van der Waals surface area contributed by atoms with Crippen LogP contribution >= 0.6 is 31.9 Å². The van der Waals surface area contributed by atoms with E-state index in [0.29, 0.717) is 0 Å². The molecule has 0 saturated carbocycles. The summed E-state index contributed by atoms with van der Waals surface area (Å²) in [5, 5.41) is 10.8. The predicted molar refractivity (Wildman–Crippen MR) is 59.0 cm³/mol. The van der Waals surface area contributed by atoms with Crippen LogP contribution in [-0.4, -0.2) is 20.2 Å². The van der Waals surface area contributed by atoms with E-state index in [2.05, 4.69) is 47.4 Å². The molecule has 0 radical (unpaired) electrons. The van der Waals surface area contributed by atoms with Crippen LogP contribution < -0.4 is 5.73 Å². The number of anilines is 1. The molecule has 2 aromatic rings. The maximum Gasteiger partial charge on any atom is 0.245 e. The van der Waals surface area contributed by atoms with E-state index in [4.69, 9.17) is 5.73 Å². The third-order valence-corrected chi connectivity index (χ3v) is 2.79. The van der Waals surface area contributed by atoms with Gasteiger partial charge in [-0.1, -0.05) is 21.0 Å². The fourth-order valence-corrected chi connectivity index (χ4v) is 1.78. The molecule has 0 atom stereocenters. The van der Waals surface area contributed by atoms with Crippen LogP contribution in [0.1, 0.15) is 0 Å². The van der Waals surface area contributed by atoms with E-state index in [1.807, 2.05) is 18.2 Å². The smallest absolute Gasteiger partial charge is 0.245 e.